The molecule has 2 aromatic carbocycles. The SMILES string of the molecule is CC1(C)C(Oc2ccc(C#N)c(Cl)c2)C(C)(C)C1N1Cc2cc(N3CCC(COCC(=O)O)CC3)ccc2C1=O. The molecule has 0 spiro atoms. The minimum atomic E-state index is -0.938. The minimum absolute atomic E-state index is 0.0243. The van der Waals surface area contributed by atoms with Gasteiger partial charge in [0.15, 0.2) is 0 Å². The van der Waals surface area contributed by atoms with Gasteiger partial charge in [0.05, 0.1) is 17.2 Å². The first kappa shape index (κ1) is 28.3. The maximum atomic E-state index is 13.6. The standard InChI is InChI=1S/C31H36ClN3O5/c1-30(2)28(31(3,4)29(30)40-23-7-5-20(15-33)25(32)14-23)35-16-21-13-22(6-8-24(21)27(35)38)34-11-9-19(10-12-34)17-39-18-26(36)37/h5-8,13-14,19,28-29H,9-12,16-18H2,1-4H3,(H,36,37). The second-order valence-electron chi connectivity index (χ2n) is 12.4. The highest BCUT2D eigenvalue weighted by molar-refractivity contribution is 6.31. The number of benzene rings is 2. The Morgan fingerprint density at radius 3 is 2.45 bits per heavy atom. The highest BCUT2D eigenvalue weighted by atomic mass is 35.5. The van der Waals surface area contributed by atoms with Crippen molar-refractivity contribution >= 4 is 29.2 Å². The number of anilines is 1. The lowest BCUT2D eigenvalue weighted by atomic mass is 9.49. The second kappa shape index (κ2) is 10.6. The molecule has 0 atom stereocenters. The van der Waals surface area contributed by atoms with Crippen LogP contribution in [0, 0.1) is 28.1 Å². The van der Waals surface area contributed by atoms with Gasteiger partial charge in [0.2, 0.25) is 0 Å². The summed E-state index contributed by atoms with van der Waals surface area (Å²) in [6, 6.07) is 13.3. The summed E-state index contributed by atoms with van der Waals surface area (Å²) in [5.74, 6) is 0.0982. The lowest BCUT2D eigenvalue weighted by Crippen LogP contribution is -2.74. The van der Waals surface area contributed by atoms with Gasteiger partial charge in [-0.05, 0) is 54.7 Å². The van der Waals surface area contributed by atoms with Crippen molar-refractivity contribution in [2.24, 2.45) is 16.7 Å². The fourth-order valence-electron chi connectivity index (χ4n) is 7.42. The molecular weight excluding hydrogens is 530 g/mol. The predicted octanol–water partition coefficient (Wildman–Crippen LogP) is 5.37. The van der Waals surface area contributed by atoms with Crippen molar-refractivity contribution in [3.05, 3.63) is 58.1 Å². The van der Waals surface area contributed by atoms with Gasteiger partial charge in [0.25, 0.3) is 5.91 Å². The van der Waals surface area contributed by atoms with Crippen molar-refractivity contribution < 1.29 is 24.2 Å². The number of piperidine rings is 1. The molecule has 8 nitrogen and oxygen atoms in total. The van der Waals surface area contributed by atoms with Crippen LogP contribution in [-0.2, 0) is 16.1 Å². The molecule has 1 aliphatic carbocycles. The van der Waals surface area contributed by atoms with Crippen LogP contribution in [0.5, 0.6) is 5.75 Å². The maximum absolute atomic E-state index is 13.6. The van der Waals surface area contributed by atoms with Crippen LogP contribution in [0.4, 0.5) is 5.69 Å². The van der Waals surface area contributed by atoms with E-state index in [1.807, 2.05) is 17.0 Å². The van der Waals surface area contributed by atoms with Crippen molar-refractivity contribution in [3.8, 4) is 11.8 Å². The molecule has 9 heteroatoms. The molecule has 0 unspecified atom stereocenters. The van der Waals surface area contributed by atoms with Crippen LogP contribution in [0.1, 0.15) is 62.0 Å². The maximum Gasteiger partial charge on any atom is 0.329 e. The van der Waals surface area contributed by atoms with E-state index in [1.54, 1.807) is 18.2 Å². The highest BCUT2D eigenvalue weighted by Crippen LogP contribution is 2.59. The zero-order valence-electron chi connectivity index (χ0n) is 23.4. The van der Waals surface area contributed by atoms with E-state index in [0.29, 0.717) is 35.4 Å². The van der Waals surface area contributed by atoms with E-state index in [-0.39, 0.29) is 35.5 Å². The average Bonchev–Trinajstić information content (AvgIpc) is 3.21. The third-order valence-electron chi connectivity index (χ3n) is 8.87. The van der Waals surface area contributed by atoms with Crippen LogP contribution in [-0.4, -0.2) is 60.3 Å². The lowest BCUT2D eigenvalue weighted by molar-refractivity contribution is -0.199. The van der Waals surface area contributed by atoms with E-state index in [2.05, 4.69) is 44.7 Å². The Hall–Kier alpha value is -3.28. The monoisotopic (exact) mass is 565 g/mol. The van der Waals surface area contributed by atoms with E-state index >= 15 is 0 Å². The molecule has 0 radical (unpaired) electrons. The molecule has 2 heterocycles. The summed E-state index contributed by atoms with van der Waals surface area (Å²) in [5, 5.41) is 18.3. The van der Waals surface area contributed by atoms with Crippen molar-refractivity contribution in [1.29, 1.82) is 5.26 Å². The number of carbonyl (C=O) groups is 2. The van der Waals surface area contributed by atoms with Crippen molar-refractivity contribution in [2.75, 3.05) is 31.2 Å². The first-order chi connectivity index (χ1) is 18.9. The molecule has 212 valence electrons. The Labute approximate surface area is 240 Å². The van der Waals surface area contributed by atoms with Gasteiger partial charge in [0, 0.05) is 53.8 Å². The summed E-state index contributed by atoms with van der Waals surface area (Å²) in [7, 11) is 0. The predicted molar refractivity (Wildman–Crippen MR) is 152 cm³/mol. The number of aliphatic carboxylic acids is 1. The molecule has 2 aliphatic heterocycles. The second-order valence-corrected chi connectivity index (χ2v) is 12.8. The van der Waals surface area contributed by atoms with E-state index in [0.717, 1.165) is 42.7 Å². The van der Waals surface area contributed by atoms with Crippen LogP contribution in [0.25, 0.3) is 0 Å². The quantitative estimate of drug-likeness (QED) is 0.459. The molecule has 3 aliphatic rings. The Balaban J connectivity index is 1.25. The third kappa shape index (κ3) is 5.02. The molecule has 2 aromatic rings. The van der Waals surface area contributed by atoms with Crippen molar-refractivity contribution in [1.82, 2.24) is 4.90 Å². The average molecular weight is 566 g/mol. The first-order valence-corrected chi connectivity index (χ1v) is 14.2. The molecule has 5 rings (SSSR count). The molecule has 1 saturated carbocycles. The van der Waals surface area contributed by atoms with Crippen LogP contribution in [0.2, 0.25) is 5.02 Å². The number of fused-ring (bicyclic) bond motifs is 1. The molecule has 1 amide bonds. The first-order valence-electron chi connectivity index (χ1n) is 13.8. The number of hydrogen-bond acceptors (Lipinski definition) is 6. The van der Waals surface area contributed by atoms with Gasteiger partial charge in [0.1, 0.15) is 24.5 Å². The summed E-state index contributed by atoms with van der Waals surface area (Å²) in [6.45, 7) is 11.1. The van der Waals surface area contributed by atoms with Gasteiger partial charge >= 0.3 is 5.97 Å². The number of rotatable bonds is 8. The van der Waals surface area contributed by atoms with E-state index in [4.69, 9.17) is 26.2 Å². The molecule has 1 saturated heterocycles. The fourth-order valence-corrected chi connectivity index (χ4v) is 7.63. The van der Waals surface area contributed by atoms with Crippen LogP contribution in [0.3, 0.4) is 0 Å². The van der Waals surface area contributed by atoms with Gasteiger partial charge < -0.3 is 24.4 Å². The van der Waals surface area contributed by atoms with Gasteiger partial charge in [-0.3, -0.25) is 4.79 Å². The summed E-state index contributed by atoms with van der Waals surface area (Å²) < 4.78 is 11.7. The normalized spacial score (nSPS) is 23.4. The largest absolute Gasteiger partial charge is 0.489 e. The zero-order valence-corrected chi connectivity index (χ0v) is 24.2. The fraction of sp³-hybridized carbons (Fsp3) is 0.516. The number of amides is 1. The number of nitriles is 1. The number of halogens is 1. The number of ether oxygens (including phenoxy) is 2. The smallest absolute Gasteiger partial charge is 0.329 e. The third-order valence-corrected chi connectivity index (χ3v) is 9.18. The van der Waals surface area contributed by atoms with Crippen LogP contribution in [0.15, 0.2) is 36.4 Å². The molecule has 1 N–H and O–H groups in total. The van der Waals surface area contributed by atoms with Gasteiger partial charge in [-0.15, -0.1) is 0 Å². The Morgan fingerprint density at radius 1 is 1.12 bits per heavy atom. The van der Waals surface area contributed by atoms with E-state index in [1.165, 1.54) is 0 Å². The van der Waals surface area contributed by atoms with Gasteiger partial charge in [-0.1, -0.05) is 39.3 Å². The van der Waals surface area contributed by atoms with Crippen molar-refractivity contribution in [2.45, 2.75) is 59.2 Å². The molecule has 0 bridgehead atoms. The number of hydrogen-bond donors (Lipinski definition) is 1. The number of carboxylic acids is 1. The summed E-state index contributed by atoms with van der Waals surface area (Å²) in [6.07, 6.45) is 1.73. The lowest BCUT2D eigenvalue weighted by Gasteiger charge is -2.65. The molecular formula is C31H36ClN3O5. The number of carboxylic acid groups (broad SMARTS) is 1. The molecule has 40 heavy (non-hydrogen) atoms. The molecule has 0 aromatic heterocycles. The topological polar surface area (TPSA) is 103 Å². The molecule has 2 fully saturated rings. The van der Waals surface area contributed by atoms with Gasteiger partial charge in [-0.25, -0.2) is 4.79 Å². The zero-order chi connectivity index (χ0) is 28.8. The Kier molecular flexibility index (Phi) is 7.49. The summed E-state index contributed by atoms with van der Waals surface area (Å²) >= 11 is 6.24. The van der Waals surface area contributed by atoms with E-state index < -0.39 is 5.97 Å². The highest BCUT2D eigenvalue weighted by Gasteiger charge is 2.67. The van der Waals surface area contributed by atoms with Crippen LogP contribution >= 0.6 is 11.6 Å². The number of nitrogens with zero attached hydrogens (tertiary/aromatic N) is 3. The summed E-state index contributed by atoms with van der Waals surface area (Å²) in [4.78, 5) is 28.7. The van der Waals surface area contributed by atoms with Crippen LogP contribution < -0.4 is 9.64 Å². The Bertz CT molecular complexity index is 1340. The summed E-state index contributed by atoms with van der Waals surface area (Å²) in [5.41, 5.74) is 2.71. The van der Waals surface area contributed by atoms with Crippen molar-refractivity contribution in [3.63, 3.8) is 0 Å². The number of carbonyl (C=O) groups excluding carboxylic acids is 1. The van der Waals surface area contributed by atoms with E-state index in [9.17, 15) is 14.9 Å². The minimum Gasteiger partial charge on any atom is -0.489 e. The van der Waals surface area contributed by atoms with Gasteiger partial charge in [-0.2, -0.15) is 5.26 Å². The Morgan fingerprint density at radius 2 is 1.82 bits per heavy atom.